The van der Waals surface area contributed by atoms with Gasteiger partial charge in [0.15, 0.2) is 0 Å². The number of anilines is 1. The van der Waals surface area contributed by atoms with Crippen LogP contribution in [0.25, 0.3) is 0 Å². The van der Waals surface area contributed by atoms with Gasteiger partial charge in [-0.05, 0) is 37.3 Å². The molecule has 0 saturated heterocycles. The monoisotopic (exact) mass is 242 g/mol. The maximum Gasteiger partial charge on any atom is 0.332 e. The van der Waals surface area contributed by atoms with Crippen molar-refractivity contribution < 1.29 is 4.92 Å². The fourth-order valence-electron chi connectivity index (χ4n) is 1.44. The van der Waals surface area contributed by atoms with Crippen molar-refractivity contribution in [3.8, 4) is 0 Å². The molecule has 1 aliphatic rings. The number of aromatic nitrogens is 2. The molecular weight excluding hydrogens is 232 g/mol. The van der Waals surface area contributed by atoms with Gasteiger partial charge < -0.3 is 5.32 Å². The van der Waals surface area contributed by atoms with Crippen molar-refractivity contribution in [3.63, 3.8) is 0 Å². The van der Waals surface area contributed by atoms with Crippen LogP contribution in [-0.4, -0.2) is 21.4 Å². The number of aryl methyl sites for hydroxylation is 1. The van der Waals surface area contributed by atoms with E-state index in [0.29, 0.717) is 12.5 Å². The van der Waals surface area contributed by atoms with Gasteiger partial charge in [-0.15, -0.1) is 0 Å². The van der Waals surface area contributed by atoms with Gasteiger partial charge in [-0.3, -0.25) is 10.1 Å². The molecule has 86 valence electrons. The maximum atomic E-state index is 10.9. The van der Waals surface area contributed by atoms with E-state index >= 15 is 0 Å². The van der Waals surface area contributed by atoms with Crippen molar-refractivity contribution in [2.75, 3.05) is 11.9 Å². The van der Waals surface area contributed by atoms with Gasteiger partial charge in [0.05, 0.1) is 4.92 Å². The smallest absolute Gasteiger partial charge is 0.332 e. The highest BCUT2D eigenvalue weighted by Gasteiger charge is 2.25. The van der Waals surface area contributed by atoms with E-state index in [-0.39, 0.29) is 22.5 Å². The van der Waals surface area contributed by atoms with Crippen molar-refractivity contribution in [1.82, 2.24) is 9.97 Å². The van der Waals surface area contributed by atoms with Crippen molar-refractivity contribution in [2.24, 2.45) is 5.92 Å². The largest absolute Gasteiger partial charge is 0.364 e. The van der Waals surface area contributed by atoms with Crippen molar-refractivity contribution in [3.05, 3.63) is 21.1 Å². The molecule has 0 unspecified atom stereocenters. The summed E-state index contributed by atoms with van der Waals surface area (Å²) >= 11 is 5.67. The molecule has 1 aromatic heterocycles. The van der Waals surface area contributed by atoms with Crippen LogP contribution in [0.4, 0.5) is 11.5 Å². The molecule has 16 heavy (non-hydrogen) atoms. The summed E-state index contributed by atoms with van der Waals surface area (Å²) in [6, 6.07) is 0. The van der Waals surface area contributed by atoms with Gasteiger partial charge in [-0.1, -0.05) is 0 Å². The average Bonchev–Trinajstić information content (AvgIpc) is 2.95. The van der Waals surface area contributed by atoms with E-state index < -0.39 is 4.92 Å². The lowest BCUT2D eigenvalue weighted by Gasteiger charge is -2.06. The Morgan fingerprint density at radius 3 is 2.81 bits per heavy atom. The van der Waals surface area contributed by atoms with Crippen LogP contribution < -0.4 is 5.32 Å². The molecule has 1 aliphatic carbocycles. The lowest BCUT2D eigenvalue weighted by molar-refractivity contribution is -0.385. The van der Waals surface area contributed by atoms with Gasteiger partial charge in [0, 0.05) is 6.54 Å². The summed E-state index contributed by atoms with van der Waals surface area (Å²) in [5, 5.41) is 13.8. The molecule has 0 aromatic carbocycles. The quantitative estimate of drug-likeness (QED) is 0.497. The Bertz CT molecular complexity index is 434. The van der Waals surface area contributed by atoms with Gasteiger partial charge in [0.25, 0.3) is 0 Å². The van der Waals surface area contributed by atoms with Crippen LogP contribution in [-0.2, 0) is 0 Å². The first-order valence-corrected chi connectivity index (χ1v) is 5.38. The van der Waals surface area contributed by atoms with Gasteiger partial charge in [-0.25, -0.2) is 4.98 Å². The first-order valence-electron chi connectivity index (χ1n) is 5.00. The molecule has 0 atom stereocenters. The fourth-order valence-corrected chi connectivity index (χ4v) is 1.65. The first kappa shape index (κ1) is 11.1. The van der Waals surface area contributed by atoms with Gasteiger partial charge in [0.1, 0.15) is 5.69 Å². The zero-order valence-corrected chi connectivity index (χ0v) is 9.49. The highest BCUT2D eigenvalue weighted by atomic mass is 35.5. The summed E-state index contributed by atoms with van der Waals surface area (Å²) in [4.78, 5) is 18.0. The molecule has 1 heterocycles. The second kappa shape index (κ2) is 4.21. The fraction of sp³-hybridized carbons (Fsp3) is 0.556. The Labute approximate surface area is 97.2 Å². The number of hydrogen-bond donors (Lipinski definition) is 1. The Hall–Kier alpha value is -1.43. The Morgan fingerprint density at radius 1 is 1.56 bits per heavy atom. The number of rotatable bonds is 4. The highest BCUT2D eigenvalue weighted by molar-refractivity contribution is 6.28. The molecule has 1 aromatic rings. The molecular formula is C9H11ClN4O2. The van der Waals surface area contributed by atoms with Crippen LogP contribution in [0, 0.1) is 23.0 Å². The van der Waals surface area contributed by atoms with Crippen LogP contribution >= 0.6 is 11.6 Å². The number of nitrogens with one attached hydrogen (secondary N) is 1. The van der Waals surface area contributed by atoms with Crippen molar-refractivity contribution >= 4 is 23.1 Å². The molecule has 0 spiro atoms. The zero-order chi connectivity index (χ0) is 11.7. The minimum atomic E-state index is -0.485. The van der Waals surface area contributed by atoms with E-state index in [1.807, 2.05) is 0 Å². The number of hydrogen-bond acceptors (Lipinski definition) is 5. The second-order valence-electron chi connectivity index (χ2n) is 3.86. The third-order valence-electron chi connectivity index (χ3n) is 2.47. The average molecular weight is 243 g/mol. The number of halogens is 1. The van der Waals surface area contributed by atoms with E-state index in [1.54, 1.807) is 6.92 Å². The molecule has 0 bridgehead atoms. The third-order valence-corrected chi connectivity index (χ3v) is 2.64. The molecule has 0 aliphatic heterocycles. The first-order chi connectivity index (χ1) is 7.58. The molecule has 1 N–H and O–H groups in total. The van der Waals surface area contributed by atoms with Crippen molar-refractivity contribution in [1.29, 1.82) is 0 Å². The van der Waals surface area contributed by atoms with E-state index in [2.05, 4.69) is 15.3 Å². The lowest BCUT2D eigenvalue weighted by Crippen LogP contribution is -2.09. The standard InChI is InChI=1S/C9H11ClN4O2/c1-5-7(14(15)16)8(13-9(10)12-5)11-4-6-2-3-6/h6H,2-4H2,1H3,(H,11,12,13). The van der Waals surface area contributed by atoms with Crippen LogP contribution in [0.1, 0.15) is 18.5 Å². The number of nitrogens with zero attached hydrogens (tertiary/aromatic N) is 3. The minimum absolute atomic E-state index is 0.0291. The SMILES string of the molecule is Cc1nc(Cl)nc(NCC2CC2)c1[N+](=O)[O-]. The summed E-state index contributed by atoms with van der Waals surface area (Å²) < 4.78 is 0. The summed E-state index contributed by atoms with van der Waals surface area (Å²) in [6.07, 6.45) is 2.33. The summed E-state index contributed by atoms with van der Waals surface area (Å²) in [5.74, 6) is 0.822. The predicted octanol–water partition coefficient (Wildman–Crippen LogP) is 2.17. The predicted molar refractivity (Wildman–Crippen MR) is 59.6 cm³/mol. The summed E-state index contributed by atoms with van der Waals surface area (Å²) in [6.45, 7) is 2.25. The van der Waals surface area contributed by atoms with E-state index in [4.69, 9.17) is 11.6 Å². The van der Waals surface area contributed by atoms with E-state index in [9.17, 15) is 10.1 Å². The lowest BCUT2D eigenvalue weighted by atomic mass is 10.3. The Kier molecular flexibility index (Phi) is 2.91. The highest BCUT2D eigenvalue weighted by Crippen LogP contribution is 2.31. The number of nitro groups is 1. The molecule has 1 saturated carbocycles. The van der Waals surface area contributed by atoms with Crippen LogP contribution in [0.3, 0.4) is 0 Å². The molecule has 7 heteroatoms. The molecule has 0 radical (unpaired) electrons. The molecule has 0 amide bonds. The van der Waals surface area contributed by atoms with E-state index in [0.717, 1.165) is 0 Å². The minimum Gasteiger partial charge on any atom is -0.364 e. The van der Waals surface area contributed by atoms with Gasteiger partial charge in [-0.2, -0.15) is 4.98 Å². The van der Waals surface area contributed by atoms with Crippen LogP contribution in [0.5, 0.6) is 0 Å². The van der Waals surface area contributed by atoms with Gasteiger partial charge >= 0.3 is 5.69 Å². The summed E-state index contributed by atoms with van der Waals surface area (Å²) in [7, 11) is 0. The molecule has 6 nitrogen and oxygen atoms in total. The van der Waals surface area contributed by atoms with E-state index in [1.165, 1.54) is 12.8 Å². The topological polar surface area (TPSA) is 81.0 Å². The normalized spacial score (nSPS) is 14.9. The molecule has 2 rings (SSSR count). The Balaban J connectivity index is 2.27. The van der Waals surface area contributed by atoms with Crippen LogP contribution in [0.2, 0.25) is 5.28 Å². The summed E-state index contributed by atoms with van der Waals surface area (Å²) in [5.41, 5.74) is 0.188. The third kappa shape index (κ3) is 2.38. The molecule has 1 fully saturated rings. The maximum absolute atomic E-state index is 10.9. The zero-order valence-electron chi connectivity index (χ0n) is 8.73. The van der Waals surface area contributed by atoms with Crippen LogP contribution in [0.15, 0.2) is 0 Å². The Morgan fingerprint density at radius 2 is 2.25 bits per heavy atom. The second-order valence-corrected chi connectivity index (χ2v) is 4.19. The van der Waals surface area contributed by atoms with Crippen molar-refractivity contribution in [2.45, 2.75) is 19.8 Å². The van der Waals surface area contributed by atoms with Gasteiger partial charge in [0.2, 0.25) is 11.1 Å².